The molecule has 3 aromatic rings. The van der Waals surface area contributed by atoms with Crippen LogP contribution in [0.3, 0.4) is 0 Å². The van der Waals surface area contributed by atoms with Gasteiger partial charge in [-0.3, -0.25) is 4.79 Å². The average molecular weight is 404 g/mol. The van der Waals surface area contributed by atoms with E-state index in [4.69, 9.17) is 11.6 Å². The molecule has 0 aliphatic heterocycles. The van der Waals surface area contributed by atoms with Gasteiger partial charge in [0.25, 0.3) is 5.91 Å². The third kappa shape index (κ3) is 4.42. The van der Waals surface area contributed by atoms with Crippen molar-refractivity contribution in [2.24, 2.45) is 0 Å². The van der Waals surface area contributed by atoms with Gasteiger partial charge in [0.05, 0.1) is 16.8 Å². The Balaban J connectivity index is 1.90. The molecule has 0 spiro atoms. The van der Waals surface area contributed by atoms with Crippen LogP contribution in [-0.4, -0.2) is 10.5 Å². The van der Waals surface area contributed by atoms with Gasteiger partial charge in [-0.05, 0) is 56.2 Å². The van der Waals surface area contributed by atoms with Crippen LogP contribution in [0.25, 0.3) is 11.8 Å². The third-order valence-corrected chi connectivity index (χ3v) is 5.20. The number of carbonyl (C=O) groups excluding carboxylic acids is 1. The van der Waals surface area contributed by atoms with Crippen LogP contribution in [0, 0.1) is 25.2 Å². The summed E-state index contributed by atoms with van der Waals surface area (Å²) in [6.45, 7) is 5.81. The highest BCUT2D eigenvalue weighted by Gasteiger charge is 2.16. The molecule has 0 aliphatic carbocycles. The summed E-state index contributed by atoms with van der Waals surface area (Å²) in [5, 5.41) is 13.1. The van der Waals surface area contributed by atoms with E-state index in [1.165, 1.54) is 0 Å². The van der Waals surface area contributed by atoms with E-state index in [-0.39, 0.29) is 11.6 Å². The lowest BCUT2D eigenvalue weighted by Gasteiger charge is -2.14. The maximum absolute atomic E-state index is 12.7. The number of rotatable bonds is 5. The predicted octanol–water partition coefficient (Wildman–Crippen LogP) is 5.53. The van der Waals surface area contributed by atoms with Crippen molar-refractivity contribution in [3.63, 3.8) is 0 Å². The highest BCUT2D eigenvalue weighted by molar-refractivity contribution is 6.32. The molecule has 0 aliphatic rings. The number of carbonyl (C=O) groups is 1. The molecule has 4 nitrogen and oxygen atoms in total. The summed E-state index contributed by atoms with van der Waals surface area (Å²) in [7, 11) is 0. The Morgan fingerprint density at radius 2 is 1.79 bits per heavy atom. The summed E-state index contributed by atoms with van der Waals surface area (Å²) in [5.41, 5.74) is 4.60. The summed E-state index contributed by atoms with van der Waals surface area (Å²) in [4.78, 5) is 12.7. The number of nitrogens with zero attached hydrogens (tertiary/aromatic N) is 2. The van der Waals surface area contributed by atoms with Gasteiger partial charge in [0, 0.05) is 11.4 Å². The first-order chi connectivity index (χ1) is 13.9. The summed E-state index contributed by atoms with van der Waals surface area (Å²) < 4.78 is 2.02. The number of amides is 1. The molecule has 0 fully saturated rings. The molecule has 1 aromatic heterocycles. The van der Waals surface area contributed by atoms with Crippen LogP contribution in [0.1, 0.15) is 35.5 Å². The Morgan fingerprint density at radius 3 is 2.45 bits per heavy atom. The van der Waals surface area contributed by atoms with E-state index in [1.807, 2.05) is 92.1 Å². The second-order valence-electron chi connectivity index (χ2n) is 6.89. The van der Waals surface area contributed by atoms with Gasteiger partial charge in [-0.25, -0.2) is 0 Å². The van der Waals surface area contributed by atoms with Crippen molar-refractivity contribution >= 4 is 23.6 Å². The zero-order chi connectivity index (χ0) is 21.0. The Hall–Kier alpha value is -3.29. The number of benzene rings is 2. The van der Waals surface area contributed by atoms with Crippen LogP contribution in [0.4, 0.5) is 0 Å². The number of halogens is 1. The van der Waals surface area contributed by atoms with Gasteiger partial charge in [0.2, 0.25) is 0 Å². The van der Waals surface area contributed by atoms with Crippen molar-refractivity contribution in [3.8, 4) is 11.8 Å². The van der Waals surface area contributed by atoms with E-state index >= 15 is 0 Å². The average Bonchev–Trinajstić information content (AvgIpc) is 3.00. The van der Waals surface area contributed by atoms with Gasteiger partial charge in [0.15, 0.2) is 0 Å². The normalized spacial score (nSPS) is 12.3. The van der Waals surface area contributed by atoms with Crippen molar-refractivity contribution in [1.82, 2.24) is 9.88 Å². The SMILES string of the molecule is Cc1cc(/C=C(/C#N)C(=O)N[C@H](C)c2ccccc2)c(C)n1-c1ccccc1Cl. The molecule has 1 heterocycles. The summed E-state index contributed by atoms with van der Waals surface area (Å²) in [6.07, 6.45) is 1.63. The molecule has 1 N–H and O–H groups in total. The monoisotopic (exact) mass is 403 g/mol. The second kappa shape index (κ2) is 8.81. The lowest BCUT2D eigenvalue weighted by Crippen LogP contribution is -2.27. The minimum atomic E-state index is -0.397. The molecular weight excluding hydrogens is 382 g/mol. The molecule has 29 heavy (non-hydrogen) atoms. The molecule has 2 aromatic carbocycles. The van der Waals surface area contributed by atoms with E-state index in [0.717, 1.165) is 28.2 Å². The maximum atomic E-state index is 12.7. The largest absolute Gasteiger partial charge is 0.345 e. The fraction of sp³-hybridized carbons (Fsp3) is 0.167. The molecule has 1 atom stereocenters. The topological polar surface area (TPSA) is 57.8 Å². The fourth-order valence-electron chi connectivity index (χ4n) is 3.34. The van der Waals surface area contributed by atoms with Gasteiger partial charge in [0.1, 0.15) is 11.6 Å². The number of nitrogens with one attached hydrogen (secondary N) is 1. The van der Waals surface area contributed by atoms with E-state index in [0.29, 0.717) is 5.02 Å². The van der Waals surface area contributed by atoms with Crippen molar-refractivity contribution < 1.29 is 4.79 Å². The van der Waals surface area contributed by atoms with E-state index in [1.54, 1.807) is 6.08 Å². The highest BCUT2D eigenvalue weighted by Crippen LogP contribution is 2.27. The first-order valence-corrected chi connectivity index (χ1v) is 9.71. The lowest BCUT2D eigenvalue weighted by atomic mass is 10.1. The first kappa shape index (κ1) is 20.4. The van der Waals surface area contributed by atoms with Crippen molar-refractivity contribution in [2.45, 2.75) is 26.8 Å². The van der Waals surface area contributed by atoms with Crippen LogP contribution in [0.15, 0.2) is 66.2 Å². The van der Waals surface area contributed by atoms with Crippen LogP contribution >= 0.6 is 11.6 Å². The summed E-state index contributed by atoms with van der Waals surface area (Å²) in [5.74, 6) is -0.397. The third-order valence-electron chi connectivity index (χ3n) is 4.88. The number of hydrogen-bond donors (Lipinski definition) is 1. The van der Waals surface area contributed by atoms with Gasteiger partial charge in [-0.15, -0.1) is 0 Å². The molecule has 0 bridgehead atoms. The van der Waals surface area contributed by atoms with E-state index < -0.39 is 5.91 Å². The van der Waals surface area contributed by atoms with Crippen LogP contribution in [0.5, 0.6) is 0 Å². The number of para-hydroxylation sites is 1. The van der Waals surface area contributed by atoms with Gasteiger partial charge >= 0.3 is 0 Å². The molecule has 3 rings (SSSR count). The van der Waals surface area contributed by atoms with Gasteiger partial charge in [-0.2, -0.15) is 5.26 Å². The Morgan fingerprint density at radius 1 is 1.14 bits per heavy atom. The Labute approximate surface area is 176 Å². The van der Waals surface area contributed by atoms with Gasteiger partial charge in [-0.1, -0.05) is 54.1 Å². The minimum absolute atomic E-state index is 0.0622. The minimum Gasteiger partial charge on any atom is -0.345 e. The number of aromatic nitrogens is 1. The van der Waals surface area contributed by atoms with Crippen molar-refractivity contribution in [2.75, 3.05) is 0 Å². The zero-order valence-electron chi connectivity index (χ0n) is 16.6. The molecule has 0 radical (unpaired) electrons. The molecule has 0 unspecified atom stereocenters. The number of hydrogen-bond acceptors (Lipinski definition) is 2. The molecule has 5 heteroatoms. The zero-order valence-corrected chi connectivity index (χ0v) is 17.4. The summed E-state index contributed by atoms with van der Waals surface area (Å²) in [6, 6.07) is 21.0. The lowest BCUT2D eigenvalue weighted by molar-refractivity contribution is -0.117. The molecular formula is C24H22ClN3O. The predicted molar refractivity (Wildman–Crippen MR) is 117 cm³/mol. The summed E-state index contributed by atoms with van der Waals surface area (Å²) >= 11 is 6.36. The van der Waals surface area contributed by atoms with E-state index in [2.05, 4.69) is 5.32 Å². The second-order valence-corrected chi connectivity index (χ2v) is 7.30. The van der Waals surface area contributed by atoms with Crippen LogP contribution < -0.4 is 5.32 Å². The van der Waals surface area contributed by atoms with Crippen LogP contribution in [0.2, 0.25) is 5.02 Å². The van der Waals surface area contributed by atoms with Crippen molar-refractivity contribution in [3.05, 3.63) is 93.8 Å². The maximum Gasteiger partial charge on any atom is 0.262 e. The van der Waals surface area contributed by atoms with Gasteiger partial charge < -0.3 is 9.88 Å². The number of nitriles is 1. The molecule has 146 valence electrons. The fourth-order valence-corrected chi connectivity index (χ4v) is 3.56. The quantitative estimate of drug-likeness (QED) is 0.449. The Kier molecular flexibility index (Phi) is 6.21. The Bertz CT molecular complexity index is 1110. The molecule has 0 saturated heterocycles. The molecule has 0 saturated carbocycles. The number of aryl methyl sites for hydroxylation is 1. The highest BCUT2D eigenvalue weighted by atomic mass is 35.5. The first-order valence-electron chi connectivity index (χ1n) is 9.33. The molecule has 1 amide bonds. The van der Waals surface area contributed by atoms with Crippen molar-refractivity contribution in [1.29, 1.82) is 5.26 Å². The standard InChI is InChI=1S/C24H22ClN3O/c1-16-13-20(18(3)28(16)23-12-8-7-11-22(23)25)14-21(15-26)24(29)27-17(2)19-9-5-4-6-10-19/h4-14,17H,1-3H3,(H,27,29)/b21-14-/t17-/m1/s1. The smallest absolute Gasteiger partial charge is 0.262 e. The van der Waals surface area contributed by atoms with E-state index in [9.17, 15) is 10.1 Å². The van der Waals surface area contributed by atoms with Crippen LogP contribution in [-0.2, 0) is 4.79 Å².